The van der Waals surface area contributed by atoms with E-state index in [1.807, 2.05) is 6.07 Å². The topological polar surface area (TPSA) is 65.8 Å². The molecule has 0 bridgehead atoms. The maximum Gasteiger partial charge on any atom is 0.255 e. The summed E-state index contributed by atoms with van der Waals surface area (Å²) in [5, 5.41) is 11.9. The van der Waals surface area contributed by atoms with Crippen LogP contribution in [0.15, 0.2) is 36.7 Å². The van der Waals surface area contributed by atoms with Gasteiger partial charge in [-0.05, 0) is 18.2 Å². The van der Waals surface area contributed by atoms with Crippen LogP contribution >= 0.6 is 23.2 Å². The highest BCUT2D eigenvalue weighted by Gasteiger charge is 2.12. The number of benzene rings is 1. The molecule has 19 heavy (non-hydrogen) atoms. The molecular formula is C13H7Cl2N3O. The van der Waals surface area contributed by atoms with Gasteiger partial charge in [0.2, 0.25) is 0 Å². The molecule has 6 heteroatoms. The van der Waals surface area contributed by atoms with Crippen LogP contribution < -0.4 is 5.32 Å². The van der Waals surface area contributed by atoms with Gasteiger partial charge in [-0.15, -0.1) is 0 Å². The Labute approximate surface area is 119 Å². The minimum absolute atomic E-state index is 0.247. The SMILES string of the molecule is N#Cc1cccc(C(=O)Nc2c(Cl)cncc2Cl)c1. The zero-order valence-corrected chi connectivity index (χ0v) is 11.0. The van der Waals surface area contributed by atoms with Crippen molar-refractivity contribution in [2.75, 3.05) is 5.32 Å². The summed E-state index contributed by atoms with van der Waals surface area (Å²) in [6.45, 7) is 0. The minimum atomic E-state index is -0.396. The molecular weight excluding hydrogens is 285 g/mol. The van der Waals surface area contributed by atoms with Crippen molar-refractivity contribution in [3.63, 3.8) is 0 Å². The zero-order valence-electron chi connectivity index (χ0n) is 9.52. The molecule has 0 spiro atoms. The molecule has 94 valence electrons. The largest absolute Gasteiger partial charge is 0.319 e. The monoisotopic (exact) mass is 291 g/mol. The Morgan fingerprint density at radius 3 is 2.58 bits per heavy atom. The van der Waals surface area contributed by atoms with Crippen LogP contribution in [-0.4, -0.2) is 10.9 Å². The van der Waals surface area contributed by atoms with Crippen molar-refractivity contribution in [2.24, 2.45) is 0 Å². The number of nitrogens with one attached hydrogen (secondary N) is 1. The standard InChI is InChI=1S/C13H7Cl2N3O/c14-10-6-17-7-11(15)12(10)18-13(19)9-3-1-2-8(4-9)5-16/h1-4,6-7H,(H,17,18,19). The summed E-state index contributed by atoms with van der Waals surface area (Å²) in [6, 6.07) is 8.29. The average Bonchev–Trinajstić information content (AvgIpc) is 2.43. The van der Waals surface area contributed by atoms with Gasteiger partial charge in [0.15, 0.2) is 0 Å². The van der Waals surface area contributed by atoms with Crippen LogP contribution in [0.4, 0.5) is 5.69 Å². The number of anilines is 1. The van der Waals surface area contributed by atoms with Gasteiger partial charge in [-0.3, -0.25) is 9.78 Å². The normalized spacial score (nSPS) is 9.74. The lowest BCUT2D eigenvalue weighted by Crippen LogP contribution is -2.12. The summed E-state index contributed by atoms with van der Waals surface area (Å²) >= 11 is 11.8. The minimum Gasteiger partial charge on any atom is -0.319 e. The van der Waals surface area contributed by atoms with E-state index in [1.165, 1.54) is 18.5 Å². The quantitative estimate of drug-likeness (QED) is 0.921. The first-order valence-electron chi connectivity index (χ1n) is 5.22. The van der Waals surface area contributed by atoms with Gasteiger partial charge in [-0.25, -0.2) is 0 Å². The van der Waals surface area contributed by atoms with Crippen LogP contribution in [-0.2, 0) is 0 Å². The van der Waals surface area contributed by atoms with Crippen molar-refractivity contribution in [1.82, 2.24) is 4.98 Å². The Bertz CT molecular complexity index is 660. The first-order chi connectivity index (χ1) is 9.11. The van der Waals surface area contributed by atoms with Crippen molar-refractivity contribution in [3.05, 3.63) is 57.8 Å². The molecule has 0 saturated heterocycles. The smallest absolute Gasteiger partial charge is 0.255 e. The number of halogens is 2. The fraction of sp³-hybridized carbons (Fsp3) is 0. The van der Waals surface area contributed by atoms with Crippen molar-refractivity contribution in [1.29, 1.82) is 5.26 Å². The second kappa shape index (κ2) is 5.70. The second-order valence-corrected chi connectivity index (χ2v) is 4.44. The van der Waals surface area contributed by atoms with Crippen LogP contribution in [0.2, 0.25) is 10.0 Å². The maximum absolute atomic E-state index is 12.0. The third kappa shape index (κ3) is 3.02. The molecule has 1 aromatic carbocycles. The maximum atomic E-state index is 12.0. The van der Waals surface area contributed by atoms with Gasteiger partial charge >= 0.3 is 0 Å². The molecule has 2 rings (SSSR count). The Hall–Kier alpha value is -2.09. The van der Waals surface area contributed by atoms with Crippen molar-refractivity contribution in [2.45, 2.75) is 0 Å². The van der Waals surface area contributed by atoms with Gasteiger partial charge in [-0.1, -0.05) is 29.3 Å². The Morgan fingerprint density at radius 1 is 1.26 bits per heavy atom. The van der Waals surface area contributed by atoms with Crippen LogP contribution in [0, 0.1) is 11.3 Å². The van der Waals surface area contributed by atoms with Crippen LogP contribution in [0.5, 0.6) is 0 Å². The molecule has 1 amide bonds. The number of rotatable bonds is 2. The molecule has 2 aromatic rings. The molecule has 0 atom stereocenters. The third-order valence-corrected chi connectivity index (χ3v) is 2.92. The van der Waals surface area contributed by atoms with Crippen LogP contribution in [0.3, 0.4) is 0 Å². The van der Waals surface area contributed by atoms with E-state index in [0.717, 1.165) is 0 Å². The predicted molar refractivity (Wildman–Crippen MR) is 73.4 cm³/mol. The number of aromatic nitrogens is 1. The summed E-state index contributed by atoms with van der Waals surface area (Å²) in [5.41, 5.74) is 1.05. The highest BCUT2D eigenvalue weighted by atomic mass is 35.5. The molecule has 0 aliphatic carbocycles. The summed E-state index contributed by atoms with van der Waals surface area (Å²) in [5.74, 6) is -0.396. The van der Waals surface area contributed by atoms with Gasteiger partial charge < -0.3 is 5.32 Å². The molecule has 0 unspecified atom stereocenters. The lowest BCUT2D eigenvalue weighted by Gasteiger charge is -2.08. The molecule has 1 N–H and O–H groups in total. The van der Waals surface area contributed by atoms with E-state index in [4.69, 9.17) is 28.5 Å². The number of pyridine rings is 1. The molecule has 0 fully saturated rings. The van der Waals surface area contributed by atoms with E-state index in [0.29, 0.717) is 16.8 Å². The van der Waals surface area contributed by atoms with Gasteiger partial charge in [0.05, 0.1) is 27.4 Å². The molecule has 0 aliphatic rings. The second-order valence-electron chi connectivity index (χ2n) is 3.62. The summed E-state index contributed by atoms with van der Waals surface area (Å²) in [6.07, 6.45) is 2.77. The van der Waals surface area contributed by atoms with Crippen molar-refractivity contribution >= 4 is 34.8 Å². The number of hydrogen-bond donors (Lipinski definition) is 1. The van der Waals surface area contributed by atoms with Gasteiger partial charge in [0, 0.05) is 18.0 Å². The predicted octanol–water partition coefficient (Wildman–Crippen LogP) is 3.51. The lowest BCUT2D eigenvalue weighted by molar-refractivity contribution is 0.102. The zero-order chi connectivity index (χ0) is 13.8. The van der Waals surface area contributed by atoms with E-state index in [2.05, 4.69) is 10.3 Å². The van der Waals surface area contributed by atoms with E-state index < -0.39 is 5.91 Å². The Kier molecular flexibility index (Phi) is 4.00. The average molecular weight is 292 g/mol. The van der Waals surface area contributed by atoms with E-state index in [1.54, 1.807) is 18.2 Å². The van der Waals surface area contributed by atoms with E-state index >= 15 is 0 Å². The molecule has 1 heterocycles. The third-order valence-electron chi connectivity index (χ3n) is 2.35. The summed E-state index contributed by atoms with van der Waals surface area (Å²) < 4.78 is 0. The number of amides is 1. The number of carbonyl (C=O) groups is 1. The van der Waals surface area contributed by atoms with E-state index in [9.17, 15) is 4.79 Å². The highest BCUT2D eigenvalue weighted by Crippen LogP contribution is 2.29. The molecule has 4 nitrogen and oxygen atoms in total. The number of hydrogen-bond acceptors (Lipinski definition) is 3. The molecule has 1 aromatic heterocycles. The molecule has 0 saturated carbocycles. The molecule has 0 radical (unpaired) electrons. The first-order valence-corrected chi connectivity index (χ1v) is 5.98. The van der Waals surface area contributed by atoms with Crippen LogP contribution in [0.1, 0.15) is 15.9 Å². The number of nitriles is 1. The summed E-state index contributed by atoms with van der Waals surface area (Å²) in [7, 11) is 0. The Morgan fingerprint density at radius 2 is 1.95 bits per heavy atom. The lowest BCUT2D eigenvalue weighted by atomic mass is 10.1. The van der Waals surface area contributed by atoms with Crippen LogP contribution in [0.25, 0.3) is 0 Å². The van der Waals surface area contributed by atoms with Crippen molar-refractivity contribution in [3.8, 4) is 6.07 Å². The van der Waals surface area contributed by atoms with Gasteiger partial charge in [0.1, 0.15) is 0 Å². The Balaban J connectivity index is 2.29. The van der Waals surface area contributed by atoms with Gasteiger partial charge in [0.25, 0.3) is 5.91 Å². The molecule has 0 aliphatic heterocycles. The first kappa shape index (κ1) is 13.3. The fourth-order valence-corrected chi connectivity index (χ4v) is 1.91. The number of carbonyl (C=O) groups excluding carboxylic acids is 1. The highest BCUT2D eigenvalue weighted by molar-refractivity contribution is 6.39. The summed E-state index contributed by atoms with van der Waals surface area (Å²) in [4.78, 5) is 15.8. The van der Waals surface area contributed by atoms with Gasteiger partial charge in [-0.2, -0.15) is 5.26 Å². The fourth-order valence-electron chi connectivity index (χ4n) is 1.45. The van der Waals surface area contributed by atoms with E-state index in [-0.39, 0.29) is 10.0 Å². The van der Waals surface area contributed by atoms with Crippen molar-refractivity contribution < 1.29 is 4.79 Å². The number of nitrogens with zero attached hydrogens (tertiary/aromatic N) is 2.